The summed E-state index contributed by atoms with van der Waals surface area (Å²) in [5, 5.41) is 0.949. The van der Waals surface area contributed by atoms with E-state index >= 15 is 0 Å². The molecule has 3 heterocycles. The normalized spacial score (nSPS) is 19.1. The van der Waals surface area contributed by atoms with Gasteiger partial charge in [-0.2, -0.15) is 0 Å². The maximum atomic E-state index is 13.2. The molecule has 0 fully saturated rings. The highest BCUT2D eigenvalue weighted by Crippen LogP contribution is 2.37. The van der Waals surface area contributed by atoms with Crippen LogP contribution < -0.4 is 10.5 Å². The minimum atomic E-state index is -0.0366. The summed E-state index contributed by atoms with van der Waals surface area (Å²) in [6, 6.07) is 1.96. The van der Waals surface area contributed by atoms with Gasteiger partial charge in [-0.25, -0.2) is 9.97 Å². The number of thiophene rings is 1. The van der Waals surface area contributed by atoms with E-state index in [4.69, 9.17) is 0 Å². The van der Waals surface area contributed by atoms with Crippen molar-refractivity contribution in [3.05, 3.63) is 47.2 Å². The third-order valence-electron chi connectivity index (χ3n) is 5.30. The topological polar surface area (TPSA) is 51.0 Å². The highest BCUT2D eigenvalue weighted by Gasteiger charge is 2.25. The molecule has 0 bridgehead atoms. The first kappa shape index (κ1) is 17.0. The molecule has 0 N–H and O–H groups in total. The Balaban J connectivity index is 1.95. The Morgan fingerprint density at radius 3 is 2.73 bits per heavy atom. The Morgan fingerprint density at radius 1 is 1.27 bits per heavy atom. The van der Waals surface area contributed by atoms with E-state index in [2.05, 4.69) is 42.9 Å². The quantitative estimate of drug-likeness (QED) is 0.684. The smallest absolute Gasteiger partial charge is 0.275 e. The van der Waals surface area contributed by atoms with E-state index in [1.54, 1.807) is 17.1 Å². The van der Waals surface area contributed by atoms with Crippen LogP contribution in [0.3, 0.4) is 0 Å². The molecule has 0 saturated heterocycles. The Kier molecular flexibility index (Phi) is 3.77. The molecule has 3 aromatic rings. The summed E-state index contributed by atoms with van der Waals surface area (Å²) in [7, 11) is 3.97. The predicted octanol–water partition coefficient (Wildman–Crippen LogP) is 4.15. The van der Waals surface area contributed by atoms with Gasteiger partial charge in [-0.05, 0) is 23.5 Å². The van der Waals surface area contributed by atoms with E-state index in [9.17, 15) is 4.79 Å². The van der Waals surface area contributed by atoms with Gasteiger partial charge in [0.05, 0.1) is 16.6 Å². The highest BCUT2D eigenvalue weighted by atomic mass is 32.1. The van der Waals surface area contributed by atoms with Crippen molar-refractivity contribution < 1.29 is 0 Å². The van der Waals surface area contributed by atoms with Gasteiger partial charge in [0.2, 0.25) is 0 Å². The Bertz CT molecular complexity index is 1130. The maximum Gasteiger partial charge on any atom is 0.275 e. The van der Waals surface area contributed by atoms with Crippen LogP contribution in [0.2, 0.25) is 0 Å². The first-order valence-electron chi connectivity index (χ1n) is 8.67. The van der Waals surface area contributed by atoms with Crippen LogP contribution >= 0.6 is 11.3 Å². The third-order valence-corrected chi connectivity index (χ3v) is 6.37. The summed E-state index contributed by atoms with van der Waals surface area (Å²) in [6.45, 7) is 6.57. The number of pyridine rings is 1. The zero-order valence-corrected chi connectivity index (χ0v) is 16.5. The Morgan fingerprint density at radius 2 is 2.04 bits per heavy atom. The van der Waals surface area contributed by atoms with Crippen molar-refractivity contribution in [3.63, 3.8) is 0 Å². The van der Waals surface area contributed by atoms with Crippen molar-refractivity contribution in [1.82, 2.24) is 14.5 Å². The van der Waals surface area contributed by atoms with E-state index in [1.807, 2.05) is 31.1 Å². The lowest BCUT2D eigenvalue weighted by molar-refractivity contribution is 0.364. The number of nitrogens with zero attached hydrogens (tertiary/aromatic N) is 4. The molecule has 0 saturated carbocycles. The fourth-order valence-corrected chi connectivity index (χ4v) is 4.28. The van der Waals surface area contributed by atoms with Gasteiger partial charge in [-0.3, -0.25) is 9.36 Å². The molecule has 3 aromatic heterocycles. The van der Waals surface area contributed by atoms with Gasteiger partial charge in [0, 0.05) is 26.0 Å². The Labute approximate surface area is 156 Å². The van der Waals surface area contributed by atoms with Crippen molar-refractivity contribution in [1.29, 1.82) is 0 Å². The van der Waals surface area contributed by atoms with Gasteiger partial charge >= 0.3 is 0 Å². The SMILES string of the molecule is CC1C=C(n2cnc3c(sc4nccc(N(C)C)c43)c2=O)C=CC1(C)C. The van der Waals surface area contributed by atoms with Crippen molar-refractivity contribution in [2.24, 2.45) is 11.3 Å². The summed E-state index contributed by atoms with van der Waals surface area (Å²) in [4.78, 5) is 25.1. The van der Waals surface area contributed by atoms with Crippen LogP contribution in [0.25, 0.3) is 26.1 Å². The van der Waals surface area contributed by atoms with Gasteiger partial charge in [0.1, 0.15) is 15.9 Å². The number of allylic oxidation sites excluding steroid dienone is 4. The van der Waals surface area contributed by atoms with Gasteiger partial charge in [0.15, 0.2) is 0 Å². The maximum absolute atomic E-state index is 13.2. The largest absolute Gasteiger partial charge is 0.377 e. The molecule has 1 aliphatic carbocycles. The molecule has 4 rings (SSSR count). The molecule has 6 heteroatoms. The number of fused-ring (bicyclic) bond motifs is 3. The van der Waals surface area contributed by atoms with Gasteiger partial charge in [-0.15, -0.1) is 11.3 Å². The fraction of sp³-hybridized carbons (Fsp3) is 0.350. The standard InChI is InChI=1S/C20H22N4OS/c1-12-10-13(6-8-20(12,2)3)24-11-22-16-15-14(23(4)5)7-9-21-18(15)26-17(16)19(24)25/h6-12H,1-5H3. The van der Waals surface area contributed by atoms with Crippen molar-refractivity contribution >= 4 is 43.2 Å². The molecule has 26 heavy (non-hydrogen) atoms. The van der Waals surface area contributed by atoms with Crippen LogP contribution in [-0.4, -0.2) is 28.6 Å². The van der Waals surface area contributed by atoms with Crippen LogP contribution in [-0.2, 0) is 0 Å². The lowest BCUT2D eigenvalue weighted by atomic mass is 9.76. The number of aromatic nitrogens is 3. The monoisotopic (exact) mass is 366 g/mol. The third kappa shape index (κ3) is 2.48. The van der Waals surface area contributed by atoms with Gasteiger partial charge in [0.25, 0.3) is 5.56 Å². The molecular formula is C20H22N4OS. The molecule has 1 atom stereocenters. The van der Waals surface area contributed by atoms with Crippen molar-refractivity contribution in [3.8, 4) is 0 Å². The second kappa shape index (κ2) is 5.77. The van der Waals surface area contributed by atoms with E-state index < -0.39 is 0 Å². The first-order valence-corrected chi connectivity index (χ1v) is 9.49. The number of hydrogen-bond donors (Lipinski definition) is 0. The number of hydrogen-bond acceptors (Lipinski definition) is 5. The summed E-state index contributed by atoms with van der Waals surface area (Å²) in [5.41, 5.74) is 2.70. The number of anilines is 1. The zero-order chi connectivity index (χ0) is 18.6. The van der Waals surface area contributed by atoms with Crippen molar-refractivity contribution in [2.45, 2.75) is 20.8 Å². The molecule has 1 aliphatic rings. The second-order valence-corrected chi connectivity index (χ2v) is 8.64. The Hall–Kier alpha value is -2.47. The lowest BCUT2D eigenvalue weighted by Crippen LogP contribution is -2.24. The van der Waals surface area contributed by atoms with Crippen LogP contribution in [0.15, 0.2) is 41.6 Å². The van der Waals surface area contributed by atoms with E-state index in [1.165, 1.54) is 11.3 Å². The van der Waals surface area contributed by atoms with E-state index in [0.717, 1.165) is 27.1 Å². The lowest BCUT2D eigenvalue weighted by Gasteiger charge is -2.30. The van der Waals surface area contributed by atoms with Crippen LogP contribution in [0.5, 0.6) is 0 Å². The first-order chi connectivity index (χ1) is 12.3. The minimum Gasteiger partial charge on any atom is -0.377 e. The van der Waals surface area contributed by atoms with Gasteiger partial charge < -0.3 is 4.90 Å². The second-order valence-electron chi connectivity index (χ2n) is 7.64. The highest BCUT2D eigenvalue weighted by molar-refractivity contribution is 7.25. The molecule has 134 valence electrons. The van der Waals surface area contributed by atoms with Gasteiger partial charge in [-0.1, -0.05) is 32.9 Å². The summed E-state index contributed by atoms with van der Waals surface area (Å²) in [6.07, 6.45) is 9.75. The number of rotatable bonds is 2. The minimum absolute atomic E-state index is 0.0366. The zero-order valence-electron chi connectivity index (χ0n) is 15.6. The van der Waals surface area contributed by atoms with Crippen LogP contribution in [0, 0.1) is 11.3 Å². The summed E-state index contributed by atoms with van der Waals surface area (Å²) in [5.74, 6) is 0.342. The molecule has 0 aliphatic heterocycles. The fourth-order valence-electron chi connectivity index (χ4n) is 3.23. The predicted molar refractivity (Wildman–Crippen MR) is 110 cm³/mol. The molecule has 0 amide bonds. The van der Waals surface area contributed by atoms with Crippen molar-refractivity contribution in [2.75, 3.05) is 19.0 Å². The van der Waals surface area contributed by atoms with Crippen LogP contribution in [0.1, 0.15) is 20.8 Å². The van der Waals surface area contributed by atoms with E-state index in [-0.39, 0.29) is 11.0 Å². The van der Waals surface area contributed by atoms with Crippen LogP contribution in [0.4, 0.5) is 5.69 Å². The average molecular weight is 366 g/mol. The average Bonchev–Trinajstić information content (AvgIpc) is 2.97. The molecule has 0 spiro atoms. The molecule has 0 aromatic carbocycles. The molecule has 0 radical (unpaired) electrons. The molecule has 1 unspecified atom stereocenters. The molecular weight excluding hydrogens is 344 g/mol. The summed E-state index contributed by atoms with van der Waals surface area (Å²) < 4.78 is 2.30. The molecule has 5 nitrogen and oxygen atoms in total. The summed E-state index contributed by atoms with van der Waals surface area (Å²) >= 11 is 1.41. The van der Waals surface area contributed by atoms with E-state index in [0.29, 0.717) is 10.6 Å².